The molecule has 1 rings (SSSR count). The van der Waals surface area contributed by atoms with Crippen LogP contribution in [0.15, 0.2) is 12.7 Å². The summed E-state index contributed by atoms with van der Waals surface area (Å²) in [5, 5.41) is 3.39. The third-order valence-corrected chi connectivity index (χ3v) is 3.30. The molecule has 0 saturated carbocycles. The van der Waals surface area contributed by atoms with Crippen molar-refractivity contribution in [2.75, 3.05) is 39.9 Å². The van der Waals surface area contributed by atoms with Crippen LogP contribution in [0, 0.1) is 5.92 Å². The summed E-state index contributed by atoms with van der Waals surface area (Å²) in [4.78, 5) is 2.57. The van der Waals surface area contributed by atoms with Crippen LogP contribution in [-0.4, -0.2) is 50.8 Å². The Morgan fingerprint density at radius 1 is 1.62 bits per heavy atom. The monoisotopic (exact) mass is 226 g/mol. The van der Waals surface area contributed by atoms with Gasteiger partial charge in [0.05, 0.1) is 6.61 Å². The molecule has 0 bridgehead atoms. The maximum atomic E-state index is 5.25. The molecule has 1 N–H and O–H groups in total. The summed E-state index contributed by atoms with van der Waals surface area (Å²) in [6, 6.07) is 0.611. The molecule has 0 aromatic heterocycles. The lowest BCUT2D eigenvalue weighted by Crippen LogP contribution is -2.46. The largest absolute Gasteiger partial charge is 0.384 e. The fraction of sp³-hybridized carbons (Fsp3) is 0.846. The first kappa shape index (κ1) is 13.7. The molecule has 0 radical (unpaired) electrons. The van der Waals surface area contributed by atoms with Crippen LogP contribution in [0.25, 0.3) is 0 Å². The average molecular weight is 226 g/mol. The van der Waals surface area contributed by atoms with Crippen LogP contribution in [0.4, 0.5) is 0 Å². The second-order valence-corrected chi connectivity index (χ2v) is 4.75. The molecule has 16 heavy (non-hydrogen) atoms. The van der Waals surface area contributed by atoms with Crippen molar-refractivity contribution in [2.45, 2.75) is 25.8 Å². The normalized spacial score (nSPS) is 24.2. The Morgan fingerprint density at radius 2 is 2.44 bits per heavy atom. The van der Waals surface area contributed by atoms with Gasteiger partial charge in [-0.1, -0.05) is 6.08 Å². The van der Waals surface area contributed by atoms with Crippen molar-refractivity contribution in [3.05, 3.63) is 12.7 Å². The van der Waals surface area contributed by atoms with Gasteiger partial charge in [-0.15, -0.1) is 6.58 Å². The summed E-state index contributed by atoms with van der Waals surface area (Å²) in [5.74, 6) is 0.723. The van der Waals surface area contributed by atoms with Crippen molar-refractivity contribution >= 4 is 0 Å². The molecule has 1 fully saturated rings. The molecule has 0 aliphatic carbocycles. The second-order valence-electron chi connectivity index (χ2n) is 4.75. The first-order valence-electron chi connectivity index (χ1n) is 6.32. The minimum Gasteiger partial charge on any atom is -0.384 e. The number of methoxy groups -OCH3 is 1. The molecule has 0 spiro atoms. The number of ether oxygens (including phenoxy) is 1. The number of rotatable bonds is 7. The molecule has 3 heteroatoms. The summed E-state index contributed by atoms with van der Waals surface area (Å²) in [6.07, 6.45) is 4.54. The number of nitrogens with one attached hydrogen (secondary N) is 1. The Bertz CT molecular complexity index is 194. The van der Waals surface area contributed by atoms with Crippen molar-refractivity contribution in [3.63, 3.8) is 0 Å². The van der Waals surface area contributed by atoms with Gasteiger partial charge in [0.1, 0.15) is 0 Å². The van der Waals surface area contributed by atoms with E-state index in [9.17, 15) is 0 Å². The summed E-state index contributed by atoms with van der Waals surface area (Å²) >= 11 is 0. The third kappa shape index (κ3) is 4.64. The van der Waals surface area contributed by atoms with E-state index >= 15 is 0 Å². The summed E-state index contributed by atoms with van der Waals surface area (Å²) in [6.45, 7) is 11.3. The molecule has 2 atom stereocenters. The zero-order chi connectivity index (χ0) is 11.8. The van der Waals surface area contributed by atoms with E-state index in [4.69, 9.17) is 4.74 Å². The lowest BCUT2D eigenvalue weighted by atomic mass is 9.98. The lowest BCUT2D eigenvalue weighted by Gasteiger charge is -2.36. The molecule has 1 heterocycles. The summed E-state index contributed by atoms with van der Waals surface area (Å²) < 4.78 is 5.25. The first-order valence-corrected chi connectivity index (χ1v) is 6.32. The molecule has 94 valence electrons. The van der Waals surface area contributed by atoms with Gasteiger partial charge < -0.3 is 10.1 Å². The number of likely N-dealkylation sites (tertiary alicyclic amines) is 1. The molecule has 2 unspecified atom stereocenters. The average Bonchev–Trinajstić information content (AvgIpc) is 2.30. The van der Waals surface area contributed by atoms with E-state index in [1.54, 1.807) is 7.11 Å². The third-order valence-electron chi connectivity index (χ3n) is 3.30. The van der Waals surface area contributed by atoms with E-state index in [1.165, 1.54) is 25.9 Å². The van der Waals surface area contributed by atoms with Crippen LogP contribution in [0.5, 0.6) is 0 Å². The van der Waals surface area contributed by atoms with Gasteiger partial charge in [0.15, 0.2) is 0 Å². The Hall–Kier alpha value is -0.380. The van der Waals surface area contributed by atoms with Crippen LogP contribution < -0.4 is 5.32 Å². The molecule has 3 nitrogen and oxygen atoms in total. The Labute approximate surface area is 99.8 Å². The van der Waals surface area contributed by atoms with Gasteiger partial charge >= 0.3 is 0 Å². The predicted octanol–water partition coefficient (Wildman–Crippen LogP) is 1.51. The van der Waals surface area contributed by atoms with Crippen LogP contribution >= 0.6 is 0 Å². The highest BCUT2D eigenvalue weighted by molar-refractivity contribution is 4.79. The minimum atomic E-state index is 0.611. The van der Waals surface area contributed by atoms with Crippen molar-refractivity contribution in [2.24, 2.45) is 5.92 Å². The van der Waals surface area contributed by atoms with E-state index in [0.29, 0.717) is 6.04 Å². The van der Waals surface area contributed by atoms with Crippen molar-refractivity contribution in [1.29, 1.82) is 0 Å². The van der Waals surface area contributed by atoms with Gasteiger partial charge in [-0.3, -0.25) is 4.90 Å². The smallest absolute Gasteiger partial charge is 0.0502 e. The van der Waals surface area contributed by atoms with Crippen LogP contribution in [0.1, 0.15) is 19.8 Å². The van der Waals surface area contributed by atoms with Crippen LogP contribution in [0.2, 0.25) is 0 Å². The fourth-order valence-corrected chi connectivity index (χ4v) is 2.39. The Kier molecular flexibility index (Phi) is 6.69. The van der Waals surface area contributed by atoms with Crippen molar-refractivity contribution in [1.82, 2.24) is 10.2 Å². The zero-order valence-electron chi connectivity index (χ0n) is 10.7. The van der Waals surface area contributed by atoms with Crippen molar-refractivity contribution < 1.29 is 4.74 Å². The topological polar surface area (TPSA) is 24.5 Å². The van der Waals surface area contributed by atoms with E-state index in [-0.39, 0.29) is 0 Å². The Morgan fingerprint density at radius 3 is 3.12 bits per heavy atom. The molecule has 1 saturated heterocycles. The van der Waals surface area contributed by atoms with Gasteiger partial charge in [0.25, 0.3) is 0 Å². The van der Waals surface area contributed by atoms with E-state index < -0.39 is 0 Å². The lowest BCUT2D eigenvalue weighted by molar-refractivity contribution is 0.0723. The molecule has 0 aromatic rings. The van der Waals surface area contributed by atoms with Gasteiger partial charge in [-0.25, -0.2) is 0 Å². The van der Waals surface area contributed by atoms with E-state index in [2.05, 4.69) is 23.7 Å². The Balaban J connectivity index is 2.25. The summed E-state index contributed by atoms with van der Waals surface area (Å²) in [7, 11) is 1.80. The minimum absolute atomic E-state index is 0.611. The number of nitrogens with zero attached hydrogens (tertiary/aromatic N) is 1. The number of hydrogen-bond acceptors (Lipinski definition) is 3. The molecule has 0 amide bonds. The van der Waals surface area contributed by atoms with Gasteiger partial charge in [0, 0.05) is 32.8 Å². The highest BCUT2D eigenvalue weighted by Gasteiger charge is 2.22. The van der Waals surface area contributed by atoms with Gasteiger partial charge in [0.2, 0.25) is 0 Å². The fourth-order valence-electron chi connectivity index (χ4n) is 2.39. The highest BCUT2D eigenvalue weighted by Crippen LogP contribution is 2.18. The van der Waals surface area contributed by atoms with Gasteiger partial charge in [-0.05, 0) is 32.2 Å². The molecule has 1 aliphatic rings. The van der Waals surface area contributed by atoms with Crippen LogP contribution in [0.3, 0.4) is 0 Å². The van der Waals surface area contributed by atoms with Crippen LogP contribution in [-0.2, 0) is 4.74 Å². The highest BCUT2D eigenvalue weighted by atomic mass is 16.5. The first-order chi connectivity index (χ1) is 7.77. The summed E-state index contributed by atoms with van der Waals surface area (Å²) in [5.41, 5.74) is 0. The molecular formula is C13H26N2O. The van der Waals surface area contributed by atoms with Crippen molar-refractivity contribution in [3.8, 4) is 0 Å². The molecular weight excluding hydrogens is 200 g/mol. The number of hydrogen-bond donors (Lipinski definition) is 1. The molecule has 0 aromatic carbocycles. The SMILES string of the molecule is C=CCNCC(C)N1CCCC(COC)C1. The maximum absolute atomic E-state index is 5.25. The standard InChI is InChI=1S/C13H26N2O/c1-4-7-14-9-12(2)15-8-5-6-13(10-15)11-16-3/h4,12-14H,1,5-11H2,2-3H3. The maximum Gasteiger partial charge on any atom is 0.0502 e. The zero-order valence-corrected chi connectivity index (χ0v) is 10.7. The second kappa shape index (κ2) is 7.82. The predicted molar refractivity (Wildman–Crippen MR) is 68.7 cm³/mol. The number of piperidine rings is 1. The van der Waals surface area contributed by atoms with E-state index in [1.807, 2.05) is 6.08 Å². The molecule has 1 aliphatic heterocycles. The quantitative estimate of drug-likeness (QED) is 0.526. The van der Waals surface area contributed by atoms with Gasteiger partial charge in [-0.2, -0.15) is 0 Å². The van der Waals surface area contributed by atoms with E-state index in [0.717, 1.165) is 25.6 Å².